The van der Waals surface area contributed by atoms with Gasteiger partial charge >= 0.3 is 0 Å². The molecule has 0 saturated carbocycles. The highest BCUT2D eigenvalue weighted by Crippen LogP contribution is 2.29. The quantitative estimate of drug-likeness (QED) is 0.589. The standard InChI is InChI=1S/C20H26N4O4/c21-15(14-6-7-28-11-14)9-22-8-12-2-1-3-13-10-24(20(27)18(12)13)16-4-5-17(25)23-19(16)26/h1-3,14-16,22H,4-11,21H2,(H,23,25,26). The third-order valence-electron chi connectivity index (χ3n) is 5.90. The summed E-state index contributed by atoms with van der Waals surface area (Å²) in [4.78, 5) is 38.2. The van der Waals surface area contributed by atoms with Crippen molar-refractivity contribution in [1.29, 1.82) is 0 Å². The van der Waals surface area contributed by atoms with Gasteiger partial charge in [-0.05, 0) is 24.0 Å². The van der Waals surface area contributed by atoms with Gasteiger partial charge in [-0.1, -0.05) is 18.2 Å². The second-order valence-corrected chi connectivity index (χ2v) is 7.77. The highest BCUT2D eigenvalue weighted by atomic mass is 16.5. The molecule has 3 atom stereocenters. The smallest absolute Gasteiger partial charge is 0.255 e. The van der Waals surface area contributed by atoms with Crippen LogP contribution in [0, 0.1) is 5.92 Å². The number of rotatable bonds is 6. The van der Waals surface area contributed by atoms with Crippen LogP contribution in [0.5, 0.6) is 0 Å². The van der Waals surface area contributed by atoms with Crippen molar-refractivity contribution in [3.63, 3.8) is 0 Å². The Hall–Kier alpha value is -2.29. The van der Waals surface area contributed by atoms with Crippen molar-refractivity contribution in [2.45, 2.75) is 44.4 Å². The van der Waals surface area contributed by atoms with Crippen LogP contribution in [-0.2, 0) is 27.4 Å². The zero-order valence-electron chi connectivity index (χ0n) is 15.8. The Labute approximate surface area is 163 Å². The second kappa shape index (κ2) is 7.98. The summed E-state index contributed by atoms with van der Waals surface area (Å²) in [5, 5.41) is 5.70. The van der Waals surface area contributed by atoms with E-state index in [-0.39, 0.29) is 30.2 Å². The zero-order chi connectivity index (χ0) is 19.7. The van der Waals surface area contributed by atoms with E-state index in [2.05, 4.69) is 10.6 Å². The number of amides is 3. The molecule has 4 rings (SSSR count). The van der Waals surface area contributed by atoms with E-state index in [9.17, 15) is 14.4 Å². The van der Waals surface area contributed by atoms with Crippen molar-refractivity contribution in [2.75, 3.05) is 19.8 Å². The maximum absolute atomic E-state index is 13.0. The number of hydrogen-bond donors (Lipinski definition) is 3. The van der Waals surface area contributed by atoms with Gasteiger partial charge in [-0.15, -0.1) is 0 Å². The van der Waals surface area contributed by atoms with Crippen LogP contribution in [0.25, 0.3) is 0 Å². The predicted molar refractivity (Wildman–Crippen MR) is 101 cm³/mol. The lowest BCUT2D eigenvalue weighted by Crippen LogP contribution is -2.52. The Morgan fingerprint density at radius 2 is 2.14 bits per heavy atom. The lowest BCUT2D eigenvalue weighted by Gasteiger charge is -2.29. The van der Waals surface area contributed by atoms with E-state index >= 15 is 0 Å². The molecule has 3 aliphatic rings. The minimum atomic E-state index is -0.589. The van der Waals surface area contributed by atoms with Crippen molar-refractivity contribution in [3.05, 3.63) is 34.9 Å². The van der Waals surface area contributed by atoms with E-state index in [4.69, 9.17) is 10.5 Å². The number of imide groups is 1. The number of nitrogens with two attached hydrogens (primary N) is 1. The molecule has 8 heteroatoms. The number of piperidine rings is 1. The largest absolute Gasteiger partial charge is 0.381 e. The van der Waals surface area contributed by atoms with E-state index in [1.807, 2.05) is 18.2 Å². The maximum Gasteiger partial charge on any atom is 0.255 e. The Kier molecular flexibility index (Phi) is 5.43. The molecule has 0 aliphatic carbocycles. The van der Waals surface area contributed by atoms with Crippen LogP contribution in [-0.4, -0.2) is 54.5 Å². The summed E-state index contributed by atoms with van der Waals surface area (Å²) in [5.74, 6) is -0.435. The molecule has 1 aromatic rings. The Morgan fingerprint density at radius 3 is 2.89 bits per heavy atom. The number of ether oxygens (including phenoxy) is 1. The summed E-state index contributed by atoms with van der Waals surface area (Å²) in [5.41, 5.74) is 8.73. The van der Waals surface area contributed by atoms with Gasteiger partial charge in [-0.2, -0.15) is 0 Å². The summed E-state index contributed by atoms with van der Waals surface area (Å²) in [7, 11) is 0. The van der Waals surface area contributed by atoms with Gasteiger partial charge in [0, 0.05) is 50.2 Å². The fraction of sp³-hybridized carbons (Fsp3) is 0.550. The SMILES string of the molecule is NC(CNCc1cccc2c1C(=O)N(C1CCC(=O)NC1=O)C2)C1CCOC1. The van der Waals surface area contributed by atoms with Gasteiger partial charge in [-0.25, -0.2) is 0 Å². The lowest BCUT2D eigenvalue weighted by molar-refractivity contribution is -0.136. The number of fused-ring (bicyclic) bond motifs is 1. The Bertz CT molecular complexity index is 790. The minimum absolute atomic E-state index is 0.0231. The normalized spacial score (nSPS) is 25.8. The maximum atomic E-state index is 13.0. The van der Waals surface area contributed by atoms with Crippen LogP contribution in [0.3, 0.4) is 0 Å². The van der Waals surface area contributed by atoms with Crippen molar-refractivity contribution < 1.29 is 19.1 Å². The predicted octanol–water partition coefficient (Wildman–Crippen LogP) is -0.0990. The van der Waals surface area contributed by atoms with E-state index < -0.39 is 6.04 Å². The zero-order valence-corrected chi connectivity index (χ0v) is 15.8. The molecule has 0 bridgehead atoms. The summed E-state index contributed by atoms with van der Waals surface area (Å²) >= 11 is 0. The molecule has 3 aliphatic heterocycles. The molecule has 0 spiro atoms. The number of nitrogens with one attached hydrogen (secondary N) is 2. The molecule has 28 heavy (non-hydrogen) atoms. The second-order valence-electron chi connectivity index (χ2n) is 7.77. The molecule has 0 aromatic heterocycles. The van der Waals surface area contributed by atoms with Crippen LogP contribution in [0.15, 0.2) is 18.2 Å². The van der Waals surface area contributed by atoms with Gasteiger partial charge < -0.3 is 20.7 Å². The van der Waals surface area contributed by atoms with Gasteiger partial charge in [0.15, 0.2) is 0 Å². The van der Waals surface area contributed by atoms with Crippen molar-refractivity contribution >= 4 is 17.7 Å². The molecule has 3 heterocycles. The average Bonchev–Trinajstić information content (AvgIpc) is 3.31. The summed E-state index contributed by atoms with van der Waals surface area (Å²) in [6.45, 7) is 3.08. The number of carbonyl (C=O) groups is 3. The fourth-order valence-electron chi connectivity index (χ4n) is 4.27. The highest BCUT2D eigenvalue weighted by Gasteiger charge is 2.39. The lowest BCUT2D eigenvalue weighted by atomic mass is 9.99. The first-order valence-electron chi connectivity index (χ1n) is 9.84. The molecular weight excluding hydrogens is 360 g/mol. The third-order valence-corrected chi connectivity index (χ3v) is 5.90. The molecule has 8 nitrogen and oxygen atoms in total. The van der Waals surface area contributed by atoms with Crippen LogP contribution >= 0.6 is 0 Å². The highest BCUT2D eigenvalue weighted by molar-refractivity contribution is 6.05. The minimum Gasteiger partial charge on any atom is -0.381 e. The third kappa shape index (κ3) is 3.67. The Morgan fingerprint density at radius 1 is 1.29 bits per heavy atom. The van der Waals surface area contributed by atoms with Crippen molar-refractivity contribution in [1.82, 2.24) is 15.5 Å². The van der Waals surface area contributed by atoms with E-state index in [1.165, 1.54) is 0 Å². The molecule has 2 fully saturated rings. The molecule has 3 amide bonds. The van der Waals surface area contributed by atoms with Crippen molar-refractivity contribution in [3.8, 4) is 0 Å². The first-order valence-corrected chi connectivity index (χ1v) is 9.84. The van der Waals surface area contributed by atoms with E-state index in [1.54, 1.807) is 4.90 Å². The molecular formula is C20H26N4O4. The Balaban J connectivity index is 1.41. The van der Waals surface area contributed by atoms with E-state index in [0.29, 0.717) is 44.1 Å². The number of nitrogens with zero attached hydrogens (tertiary/aromatic N) is 1. The summed E-state index contributed by atoms with van der Waals surface area (Å²) in [6.07, 6.45) is 1.62. The summed E-state index contributed by atoms with van der Waals surface area (Å²) < 4.78 is 5.39. The van der Waals surface area contributed by atoms with Crippen LogP contribution in [0.2, 0.25) is 0 Å². The van der Waals surface area contributed by atoms with Gasteiger partial charge in [-0.3, -0.25) is 19.7 Å². The number of benzene rings is 1. The number of hydrogen-bond acceptors (Lipinski definition) is 6. The average molecular weight is 386 g/mol. The fourth-order valence-corrected chi connectivity index (χ4v) is 4.27. The van der Waals surface area contributed by atoms with Gasteiger partial charge in [0.25, 0.3) is 5.91 Å². The topological polar surface area (TPSA) is 114 Å². The van der Waals surface area contributed by atoms with E-state index in [0.717, 1.165) is 24.2 Å². The molecule has 4 N–H and O–H groups in total. The molecule has 2 saturated heterocycles. The molecule has 3 unspecified atom stereocenters. The van der Waals surface area contributed by atoms with Crippen LogP contribution in [0.1, 0.15) is 40.7 Å². The first-order chi connectivity index (χ1) is 13.5. The molecule has 150 valence electrons. The van der Waals surface area contributed by atoms with Crippen molar-refractivity contribution in [2.24, 2.45) is 11.7 Å². The molecule has 1 aromatic carbocycles. The van der Waals surface area contributed by atoms with Crippen LogP contribution in [0.4, 0.5) is 0 Å². The van der Waals surface area contributed by atoms with Gasteiger partial charge in [0.2, 0.25) is 11.8 Å². The van der Waals surface area contributed by atoms with Gasteiger partial charge in [0.05, 0.1) is 6.61 Å². The summed E-state index contributed by atoms with van der Waals surface area (Å²) in [6, 6.07) is 5.22. The monoisotopic (exact) mass is 386 g/mol. The first kappa shape index (κ1) is 19.0. The van der Waals surface area contributed by atoms with Gasteiger partial charge in [0.1, 0.15) is 6.04 Å². The van der Waals surface area contributed by atoms with Crippen LogP contribution < -0.4 is 16.4 Å². The number of carbonyl (C=O) groups excluding carboxylic acids is 3. The molecule has 0 radical (unpaired) electrons.